The monoisotopic (exact) mass is 386 g/mol. The van der Waals surface area contributed by atoms with Crippen LogP contribution in [-0.4, -0.2) is 18.9 Å². The number of ether oxygens (including phenoxy) is 3. The first kappa shape index (κ1) is 17.8. The predicted octanol–water partition coefficient (Wildman–Crippen LogP) is 4.82. The standard InChI is InChI=1S/C25H22O4/c26-25-14-20(18-9-5-2-6-10-18)19(12-11-17-7-3-1-4-8-17)21-13-23-24(28-16-27-23)15-22(21)29-25/h1-13,15,19-22H,14,16H2/b12-11+/t19-,20+,21?,22?/m1/s1. The first-order chi connectivity index (χ1) is 14.3. The quantitative estimate of drug-likeness (QED) is 0.710. The fourth-order valence-corrected chi connectivity index (χ4v) is 4.40. The molecular formula is C25H22O4. The Morgan fingerprint density at radius 1 is 0.862 bits per heavy atom. The van der Waals surface area contributed by atoms with Crippen LogP contribution in [0.2, 0.25) is 0 Å². The van der Waals surface area contributed by atoms with E-state index in [4.69, 9.17) is 14.2 Å². The summed E-state index contributed by atoms with van der Waals surface area (Å²) in [5.74, 6) is 1.30. The van der Waals surface area contributed by atoms with Crippen LogP contribution in [0.1, 0.15) is 23.5 Å². The van der Waals surface area contributed by atoms with Gasteiger partial charge in [-0.05, 0) is 23.1 Å². The van der Waals surface area contributed by atoms with Crippen LogP contribution in [0, 0.1) is 11.8 Å². The average Bonchev–Trinajstić information content (AvgIpc) is 3.16. The van der Waals surface area contributed by atoms with Gasteiger partial charge in [0.2, 0.25) is 6.79 Å². The van der Waals surface area contributed by atoms with E-state index in [-0.39, 0.29) is 36.6 Å². The molecule has 4 nitrogen and oxygen atoms in total. The van der Waals surface area contributed by atoms with Gasteiger partial charge in [-0.15, -0.1) is 0 Å². The molecule has 2 saturated heterocycles. The third-order valence-corrected chi connectivity index (χ3v) is 5.81. The molecule has 0 radical (unpaired) electrons. The van der Waals surface area contributed by atoms with E-state index in [2.05, 4.69) is 42.5 Å². The second kappa shape index (κ2) is 7.63. The van der Waals surface area contributed by atoms with Crippen molar-refractivity contribution in [1.82, 2.24) is 0 Å². The van der Waals surface area contributed by atoms with E-state index in [1.807, 2.05) is 42.5 Å². The predicted molar refractivity (Wildman–Crippen MR) is 109 cm³/mol. The van der Waals surface area contributed by atoms with E-state index in [1.54, 1.807) is 0 Å². The summed E-state index contributed by atoms with van der Waals surface area (Å²) in [6.07, 6.45) is 8.30. The van der Waals surface area contributed by atoms with E-state index >= 15 is 0 Å². The molecule has 2 aliphatic heterocycles. The molecule has 0 saturated carbocycles. The summed E-state index contributed by atoms with van der Waals surface area (Å²) >= 11 is 0. The third-order valence-electron chi connectivity index (χ3n) is 5.81. The van der Waals surface area contributed by atoms with E-state index in [9.17, 15) is 4.79 Å². The largest absolute Gasteiger partial charge is 0.457 e. The second-order valence-corrected chi connectivity index (χ2v) is 7.57. The van der Waals surface area contributed by atoms with Gasteiger partial charge in [-0.25, -0.2) is 0 Å². The Hall–Kier alpha value is -3.27. The third kappa shape index (κ3) is 3.58. The first-order valence-electron chi connectivity index (χ1n) is 9.95. The molecule has 0 bridgehead atoms. The van der Waals surface area contributed by atoms with Gasteiger partial charge in [-0.1, -0.05) is 72.8 Å². The van der Waals surface area contributed by atoms with Crippen LogP contribution in [0.5, 0.6) is 0 Å². The maximum Gasteiger partial charge on any atom is 0.307 e. The Kier molecular flexibility index (Phi) is 4.68. The van der Waals surface area contributed by atoms with Crippen LogP contribution >= 0.6 is 0 Å². The van der Waals surface area contributed by atoms with Crippen molar-refractivity contribution in [2.24, 2.45) is 11.8 Å². The van der Waals surface area contributed by atoms with Gasteiger partial charge < -0.3 is 14.2 Å². The Bertz CT molecular complexity index is 974. The molecule has 29 heavy (non-hydrogen) atoms. The van der Waals surface area contributed by atoms with E-state index in [0.717, 1.165) is 16.9 Å². The maximum absolute atomic E-state index is 12.7. The number of carbonyl (C=O) groups is 1. The summed E-state index contributed by atoms with van der Waals surface area (Å²) in [6.45, 7) is 0.206. The Balaban J connectivity index is 1.58. The smallest absolute Gasteiger partial charge is 0.307 e. The van der Waals surface area contributed by atoms with Crippen LogP contribution in [0.15, 0.2) is 90.4 Å². The number of carbonyl (C=O) groups excluding carboxylic acids is 1. The molecule has 0 amide bonds. The van der Waals surface area contributed by atoms with Gasteiger partial charge in [0.05, 0.1) is 6.42 Å². The van der Waals surface area contributed by atoms with Crippen molar-refractivity contribution in [3.05, 3.63) is 102 Å². The number of hydrogen-bond donors (Lipinski definition) is 0. The number of esters is 1. The van der Waals surface area contributed by atoms with Crippen molar-refractivity contribution >= 4 is 12.0 Å². The highest BCUT2D eigenvalue weighted by Gasteiger charge is 2.42. The Morgan fingerprint density at radius 2 is 1.55 bits per heavy atom. The number of hydrogen-bond acceptors (Lipinski definition) is 4. The van der Waals surface area contributed by atoms with Crippen molar-refractivity contribution in [2.45, 2.75) is 18.4 Å². The highest BCUT2D eigenvalue weighted by Crippen LogP contribution is 2.44. The van der Waals surface area contributed by atoms with Crippen LogP contribution in [0.4, 0.5) is 0 Å². The normalized spacial score (nSPS) is 28.2. The number of benzene rings is 2. The van der Waals surface area contributed by atoms with Gasteiger partial charge >= 0.3 is 5.97 Å². The van der Waals surface area contributed by atoms with Crippen LogP contribution in [0.25, 0.3) is 6.08 Å². The molecule has 5 rings (SSSR count). The molecule has 0 N–H and O–H groups in total. The van der Waals surface area contributed by atoms with Crippen molar-refractivity contribution in [2.75, 3.05) is 6.79 Å². The first-order valence-corrected chi connectivity index (χ1v) is 9.95. The van der Waals surface area contributed by atoms with Crippen LogP contribution in [-0.2, 0) is 19.0 Å². The van der Waals surface area contributed by atoms with Gasteiger partial charge in [0.15, 0.2) is 11.5 Å². The molecule has 0 spiro atoms. The topological polar surface area (TPSA) is 44.8 Å². The van der Waals surface area contributed by atoms with Crippen molar-refractivity contribution in [1.29, 1.82) is 0 Å². The molecule has 2 fully saturated rings. The molecule has 3 aliphatic rings. The minimum atomic E-state index is -0.359. The average molecular weight is 386 g/mol. The zero-order valence-electron chi connectivity index (χ0n) is 15.9. The Labute approximate surface area is 170 Å². The summed E-state index contributed by atoms with van der Waals surface area (Å²) in [5, 5.41) is 0. The second-order valence-electron chi connectivity index (χ2n) is 7.57. The lowest BCUT2D eigenvalue weighted by atomic mass is 9.73. The molecular weight excluding hydrogens is 364 g/mol. The highest BCUT2D eigenvalue weighted by molar-refractivity contribution is 5.72. The maximum atomic E-state index is 12.7. The SMILES string of the molecule is O=C1C[C@@H](c2ccccc2)[C@@H](/C=C/c2ccccc2)C2C=C3OCOC3=CC2O1. The van der Waals surface area contributed by atoms with Gasteiger partial charge in [0, 0.05) is 17.9 Å². The molecule has 1 aliphatic carbocycles. The van der Waals surface area contributed by atoms with Crippen molar-refractivity contribution in [3.63, 3.8) is 0 Å². The summed E-state index contributed by atoms with van der Waals surface area (Å²) in [5.41, 5.74) is 2.28. The number of rotatable bonds is 3. The van der Waals surface area contributed by atoms with Crippen molar-refractivity contribution < 1.29 is 19.0 Å². The van der Waals surface area contributed by atoms with Gasteiger partial charge in [-0.2, -0.15) is 0 Å². The number of allylic oxidation sites excluding steroid dienone is 1. The summed E-state index contributed by atoms with van der Waals surface area (Å²) in [6, 6.07) is 20.4. The zero-order chi connectivity index (χ0) is 19.6. The minimum Gasteiger partial charge on any atom is -0.457 e. The van der Waals surface area contributed by atoms with E-state index in [0.29, 0.717) is 12.2 Å². The molecule has 4 atom stereocenters. The van der Waals surface area contributed by atoms with Gasteiger partial charge in [-0.3, -0.25) is 4.79 Å². The van der Waals surface area contributed by atoms with Crippen LogP contribution in [0.3, 0.4) is 0 Å². The van der Waals surface area contributed by atoms with Gasteiger partial charge in [0.1, 0.15) is 6.10 Å². The highest BCUT2D eigenvalue weighted by atomic mass is 16.7. The number of fused-ring (bicyclic) bond motifs is 2. The lowest BCUT2D eigenvalue weighted by molar-refractivity contribution is -0.147. The molecule has 2 heterocycles. The fraction of sp³-hybridized carbons (Fsp3) is 0.240. The summed E-state index contributed by atoms with van der Waals surface area (Å²) < 4.78 is 17.0. The van der Waals surface area contributed by atoms with Crippen molar-refractivity contribution in [3.8, 4) is 0 Å². The molecule has 0 aromatic heterocycles. The summed E-state index contributed by atoms with van der Waals surface area (Å²) in [7, 11) is 0. The molecule has 146 valence electrons. The molecule has 2 aromatic rings. The lowest BCUT2D eigenvalue weighted by Crippen LogP contribution is -2.30. The molecule has 2 aromatic carbocycles. The van der Waals surface area contributed by atoms with E-state index in [1.165, 1.54) is 0 Å². The molecule has 4 heteroatoms. The fourth-order valence-electron chi connectivity index (χ4n) is 4.40. The van der Waals surface area contributed by atoms with Crippen LogP contribution < -0.4 is 0 Å². The van der Waals surface area contributed by atoms with Gasteiger partial charge in [0.25, 0.3) is 0 Å². The zero-order valence-corrected chi connectivity index (χ0v) is 15.9. The molecule has 2 unspecified atom stereocenters. The Morgan fingerprint density at radius 3 is 2.31 bits per heavy atom. The lowest BCUT2D eigenvalue weighted by Gasteiger charge is -2.31. The minimum absolute atomic E-state index is 0.0211. The summed E-state index contributed by atoms with van der Waals surface area (Å²) in [4.78, 5) is 12.7. The van der Waals surface area contributed by atoms with E-state index < -0.39 is 0 Å².